The number of fused-ring (bicyclic) bond motifs is 1. The first-order valence-electron chi connectivity index (χ1n) is 9.58. The van der Waals surface area contributed by atoms with E-state index < -0.39 is 0 Å². The van der Waals surface area contributed by atoms with Gasteiger partial charge in [-0.3, -0.25) is 14.5 Å². The van der Waals surface area contributed by atoms with Crippen molar-refractivity contribution in [1.29, 1.82) is 0 Å². The number of unbranched alkanes of at least 4 members (excludes halogenated alkanes) is 1. The number of benzene rings is 2. The van der Waals surface area contributed by atoms with Gasteiger partial charge in [-0.2, -0.15) is 5.10 Å². The van der Waals surface area contributed by atoms with Crippen LogP contribution in [0.3, 0.4) is 0 Å². The number of nitrogens with two attached hydrogens (primary N) is 1. The van der Waals surface area contributed by atoms with Crippen molar-refractivity contribution in [3.8, 4) is 11.3 Å². The number of nitrogen functional groups attached to an aromatic ring is 1. The van der Waals surface area contributed by atoms with Crippen LogP contribution in [0.1, 0.15) is 19.3 Å². The van der Waals surface area contributed by atoms with Crippen LogP contribution in [0, 0.1) is 0 Å². The van der Waals surface area contributed by atoms with E-state index in [1.54, 1.807) is 24.5 Å². The number of anilines is 2. The number of para-hydroxylation sites is 4. The number of carbonyl (C=O) groups is 1. The molecule has 1 amide bonds. The lowest BCUT2D eigenvalue weighted by Gasteiger charge is -2.07. The molecule has 0 aliphatic rings. The summed E-state index contributed by atoms with van der Waals surface area (Å²) in [4.78, 5) is 21.2. The van der Waals surface area contributed by atoms with Gasteiger partial charge < -0.3 is 11.1 Å². The highest BCUT2D eigenvalue weighted by Gasteiger charge is 2.07. The number of nitrogens with zero attached hydrogens (tertiary/aromatic N) is 4. The molecule has 0 radical (unpaired) electrons. The second-order valence-electron chi connectivity index (χ2n) is 6.83. The Bertz CT molecular complexity index is 1140. The molecular weight excluding hydrogens is 364 g/mol. The molecule has 29 heavy (non-hydrogen) atoms. The first-order valence-corrected chi connectivity index (χ1v) is 9.58. The molecule has 4 rings (SSSR count). The molecule has 146 valence electrons. The van der Waals surface area contributed by atoms with Crippen LogP contribution in [0.5, 0.6) is 0 Å². The fourth-order valence-electron chi connectivity index (χ4n) is 3.10. The van der Waals surface area contributed by atoms with E-state index in [1.165, 1.54) is 0 Å². The van der Waals surface area contributed by atoms with Gasteiger partial charge in [-0.25, -0.2) is 4.98 Å². The van der Waals surface area contributed by atoms with E-state index in [-0.39, 0.29) is 5.91 Å². The second-order valence-corrected chi connectivity index (χ2v) is 6.83. The highest BCUT2D eigenvalue weighted by Crippen LogP contribution is 2.19. The van der Waals surface area contributed by atoms with Gasteiger partial charge in [-0.15, -0.1) is 0 Å². The Hall–Kier alpha value is -3.74. The van der Waals surface area contributed by atoms with E-state index >= 15 is 0 Å². The molecule has 0 aliphatic carbocycles. The summed E-state index contributed by atoms with van der Waals surface area (Å²) in [5.74, 6) is -0.0320. The zero-order valence-electron chi connectivity index (χ0n) is 16.0. The summed E-state index contributed by atoms with van der Waals surface area (Å²) in [5, 5.41) is 7.25. The van der Waals surface area contributed by atoms with E-state index in [9.17, 15) is 4.79 Å². The lowest BCUT2D eigenvalue weighted by Crippen LogP contribution is -2.12. The average Bonchev–Trinajstić information content (AvgIpc) is 3.21. The summed E-state index contributed by atoms with van der Waals surface area (Å²) in [6.07, 6.45) is 7.58. The predicted octanol–water partition coefficient (Wildman–Crippen LogP) is 3.88. The molecule has 0 saturated heterocycles. The van der Waals surface area contributed by atoms with Crippen molar-refractivity contribution in [2.75, 3.05) is 11.1 Å². The van der Waals surface area contributed by atoms with Crippen LogP contribution >= 0.6 is 0 Å². The van der Waals surface area contributed by atoms with Crippen molar-refractivity contribution in [2.24, 2.45) is 0 Å². The van der Waals surface area contributed by atoms with Crippen LogP contribution in [0.2, 0.25) is 0 Å². The summed E-state index contributed by atoms with van der Waals surface area (Å²) in [7, 11) is 0. The van der Waals surface area contributed by atoms with Crippen molar-refractivity contribution >= 4 is 28.3 Å². The maximum atomic E-state index is 12.1. The smallest absolute Gasteiger partial charge is 0.224 e. The molecule has 2 aromatic heterocycles. The quantitative estimate of drug-likeness (QED) is 0.371. The van der Waals surface area contributed by atoms with Crippen LogP contribution in [0.4, 0.5) is 11.4 Å². The summed E-state index contributed by atoms with van der Waals surface area (Å²) in [6.45, 7) is 0.738. The Kier molecular flexibility index (Phi) is 5.47. The molecule has 0 unspecified atom stereocenters. The third kappa shape index (κ3) is 4.57. The van der Waals surface area contributed by atoms with Crippen molar-refractivity contribution in [2.45, 2.75) is 25.8 Å². The average molecular weight is 386 g/mol. The highest BCUT2D eigenvalue weighted by atomic mass is 16.1. The summed E-state index contributed by atoms with van der Waals surface area (Å²) >= 11 is 0. The molecule has 0 aliphatic heterocycles. The van der Waals surface area contributed by atoms with Crippen molar-refractivity contribution in [1.82, 2.24) is 19.7 Å². The molecule has 2 heterocycles. The van der Waals surface area contributed by atoms with Crippen LogP contribution in [-0.2, 0) is 11.3 Å². The van der Waals surface area contributed by atoms with Gasteiger partial charge in [0.1, 0.15) is 0 Å². The van der Waals surface area contributed by atoms with Crippen LogP contribution < -0.4 is 11.1 Å². The van der Waals surface area contributed by atoms with Crippen molar-refractivity contribution < 1.29 is 4.79 Å². The van der Waals surface area contributed by atoms with Gasteiger partial charge in [-0.05, 0) is 37.1 Å². The molecule has 0 saturated carbocycles. The Balaban J connectivity index is 1.28. The normalized spacial score (nSPS) is 10.9. The second kappa shape index (κ2) is 8.52. The molecule has 0 spiro atoms. The largest absolute Gasteiger partial charge is 0.397 e. The number of hydrogen-bond acceptors (Lipinski definition) is 5. The maximum Gasteiger partial charge on any atom is 0.224 e. The number of rotatable bonds is 7. The van der Waals surface area contributed by atoms with E-state index in [0.29, 0.717) is 17.8 Å². The fraction of sp³-hybridized carbons (Fsp3) is 0.182. The number of aryl methyl sites for hydroxylation is 1. The Morgan fingerprint density at radius 3 is 2.66 bits per heavy atom. The lowest BCUT2D eigenvalue weighted by molar-refractivity contribution is -0.116. The van der Waals surface area contributed by atoms with Crippen molar-refractivity contribution in [3.05, 3.63) is 67.1 Å². The van der Waals surface area contributed by atoms with Crippen LogP contribution in [-0.4, -0.2) is 25.7 Å². The van der Waals surface area contributed by atoms with Crippen LogP contribution in [0.25, 0.3) is 22.3 Å². The van der Waals surface area contributed by atoms with Gasteiger partial charge in [0.25, 0.3) is 0 Å². The summed E-state index contributed by atoms with van der Waals surface area (Å²) in [6, 6.07) is 15.0. The summed E-state index contributed by atoms with van der Waals surface area (Å²) in [5.41, 5.74) is 10.5. The first-order chi connectivity index (χ1) is 14.2. The van der Waals surface area contributed by atoms with E-state index in [0.717, 1.165) is 41.7 Å². The number of carbonyl (C=O) groups excluding carboxylic acids is 1. The molecule has 3 N–H and O–H groups in total. The fourth-order valence-corrected chi connectivity index (χ4v) is 3.10. The molecule has 2 aromatic carbocycles. The predicted molar refractivity (Wildman–Crippen MR) is 114 cm³/mol. The topological polar surface area (TPSA) is 98.7 Å². The summed E-state index contributed by atoms with van der Waals surface area (Å²) < 4.78 is 1.87. The maximum absolute atomic E-state index is 12.1. The number of amides is 1. The number of aromatic nitrogens is 4. The number of nitrogens with one attached hydrogen (secondary N) is 1. The molecule has 4 aromatic rings. The van der Waals surface area contributed by atoms with Gasteiger partial charge >= 0.3 is 0 Å². The molecule has 7 nitrogen and oxygen atoms in total. The van der Waals surface area contributed by atoms with Gasteiger partial charge in [-0.1, -0.05) is 24.3 Å². The number of hydrogen-bond donors (Lipinski definition) is 2. The third-order valence-corrected chi connectivity index (χ3v) is 4.65. The third-order valence-electron chi connectivity index (χ3n) is 4.65. The molecular formula is C22H22N6O. The molecule has 0 bridgehead atoms. The minimum absolute atomic E-state index is 0.0320. The zero-order valence-corrected chi connectivity index (χ0v) is 16.0. The van der Waals surface area contributed by atoms with E-state index in [4.69, 9.17) is 5.73 Å². The van der Waals surface area contributed by atoms with Crippen LogP contribution in [0.15, 0.2) is 67.1 Å². The zero-order chi connectivity index (χ0) is 20.1. The minimum atomic E-state index is -0.0320. The van der Waals surface area contributed by atoms with Crippen molar-refractivity contribution in [3.63, 3.8) is 0 Å². The minimum Gasteiger partial charge on any atom is -0.397 e. The Morgan fingerprint density at radius 2 is 1.79 bits per heavy atom. The molecule has 0 fully saturated rings. The Morgan fingerprint density at radius 1 is 1.00 bits per heavy atom. The highest BCUT2D eigenvalue weighted by molar-refractivity contribution is 5.93. The molecule has 0 atom stereocenters. The standard InChI is InChI=1S/C22H22N6O/c23-17-7-1-2-8-18(17)27-22(29)11-5-6-12-28-15-16(13-25-28)21-14-24-19-9-3-4-10-20(19)26-21/h1-4,7-10,13-15H,5-6,11-12,23H2,(H,27,29). The Labute approximate surface area is 168 Å². The van der Waals surface area contributed by atoms with E-state index in [1.807, 2.05) is 47.3 Å². The molecule has 7 heteroatoms. The van der Waals surface area contributed by atoms with Gasteiger partial charge in [0.15, 0.2) is 0 Å². The lowest BCUT2D eigenvalue weighted by atomic mass is 10.2. The van der Waals surface area contributed by atoms with Gasteiger partial charge in [0.05, 0.1) is 40.5 Å². The monoisotopic (exact) mass is 386 g/mol. The first kappa shape index (κ1) is 18.6. The SMILES string of the molecule is Nc1ccccc1NC(=O)CCCCn1cc(-c2cnc3ccccc3n2)cn1. The van der Waals surface area contributed by atoms with E-state index in [2.05, 4.69) is 20.4 Å². The van der Waals surface area contributed by atoms with Gasteiger partial charge in [0.2, 0.25) is 5.91 Å². The van der Waals surface area contributed by atoms with Gasteiger partial charge in [0, 0.05) is 24.7 Å².